The molecule has 90 valence electrons. The van der Waals surface area contributed by atoms with Gasteiger partial charge in [-0.3, -0.25) is 0 Å². The van der Waals surface area contributed by atoms with Gasteiger partial charge in [0.15, 0.2) is 11.0 Å². The third-order valence-electron chi connectivity index (χ3n) is 2.67. The molecule has 0 radical (unpaired) electrons. The highest BCUT2D eigenvalue weighted by atomic mass is 35.5. The highest BCUT2D eigenvalue weighted by molar-refractivity contribution is 6.99. The Morgan fingerprint density at radius 3 is 2.88 bits per heavy atom. The van der Waals surface area contributed by atoms with Crippen LogP contribution in [0.25, 0.3) is 0 Å². The van der Waals surface area contributed by atoms with Gasteiger partial charge >= 0.3 is 0 Å². The average Bonchev–Trinajstić information content (AvgIpc) is 2.71. The van der Waals surface area contributed by atoms with E-state index in [1.807, 2.05) is 14.1 Å². The molecule has 1 N–H and O–H groups in total. The maximum Gasteiger partial charge on any atom is 0.187 e. The van der Waals surface area contributed by atoms with E-state index in [2.05, 4.69) is 18.5 Å². The maximum atomic E-state index is 9.72. The van der Waals surface area contributed by atoms with Crippen LogP contribution in [0.1, 0.15) is 6.42 Å². The second-order valence-electron chi connectivity index (χ2n) is 4.34. The van der Waals surface area contributed by atoms with E-state index < -0.39 is 0 Å². The number of aliphatic hydroxyl groups is 1. The van der Waals surface area contributed by atoms with Crippen LogP contribution >= 0.6 is 23.3 Å². The van der Waals surface area contributed by atoms with Crippen LogP contribution in [0.3, 0.4) is 0 Å². The zero-order chi connectivity index (χ0) is 11.7. The summed E-state index contributed by atoms with van der Waals surface area (Å²) in [4.78, 5) is 4.15. The van der Waals surface area contributed by atoms with Crippen LogP contribution in [0.15, 0.2) is 0 Å². The van der Waals surface area contributed by atoms with E-state index in [0.29, 0.717) is 17.5 Å². The second-order valence-corrected chi connectivity index (χ2v) is 5.22. The van der Waals surface area contributed by atoms with Crippen molar-refractivity contribution in [2.24, 2.45) is 0 Å². The van der Waals surface area contributed by atoms with Gasteiger partial charge in [0, 0.05) is 19.1 Å². The van der Waals surface area contributed by atoms with E-state index in [9.17, 15) is 5.11 Å². The Morgan fingerprint density at radius 1 is 1.56 bits per heavy atom. The molecule has 0 saturated carbocycles. The molecule has 1 aliphatic heterocycles. The lowest BCUT2D eigenvalue weighted by Crippen LogP contribution is -2.37. The molecule has 2 heterocycles. The Hall–Kier alpha value is -0.430. The van der Waals surface area contributed by atoms with E-state index in [-0.39, 0.29) is 12.1 Å². The van der Waals surface area contributed by atoms with Crippen LogP contribution in [0.4, 0.5) is 5.82 Å². The van der Waals surface area contributed by atoms with Crippen molar-refractivity contribution in [2.45, 2.75) is 18.6 Å². The molecule has 0 spiro atoms. The zero-order valence-electron chi connectivity index (χ0n) is 9.30. The number of anilines is 1. The number of hydrogen-bond acceptors (Lipinski definition) is 6. The second kappa shape index (κ2) is 4.83. The zero-order valence-corrected chi connectivity index (χ0v) is 10.9. The van der Waals surface area contributed by atoms with Crippen molar-refractivity contribution < 1.29 is 5.11 Å². The molecule has 0 aromatic carbocycles. The molecule has 2 unspecified atom stereocenters. The van der Waals surface area contributed by atoms with Crippen molar-refractivity contribution >= 4 is 29.1 Å². The summed E-state index contributed by atoms with van der Waals surface area (Å²) in [6.45, 7) is 1.47. The lowest BCUT2D eigenvalue weighted by Gasteiger charge is -2.26. The summed E-state index contributed by atoms with van der Waals surface area (Å²) in [6.07, 6.45) is 0.453. The van der Waals surface area contributed by atoms with Gasteiger partial charge in [-0.05, 0) is 20.5 Å². The van der Waals surface area contributed by atoms with E-state index in [4.69, 9.17) is 11.6 Å². The van der Waals surface area contributed by atoms with Gasteiger partial charge in [0.05, 0.1) is 17.8 Å². The molecular weight excluding hydrogens is 248 g/mol. The molecular formula is C9H15ClN4OS. The van der Waals surface area contributed by atoms with Gasteiger partial charge in [-0.15, -0.1) is 0 Å². The highest BCUT2D eigenvalue weighted by Gasteiger charge is 2.33. The van der Waals surface area contributed by atoms with Gasteiger partial charge < -0.3 is 14.9 Å². The van der Waals surface area contributed by atoms with E-state index in [0.717, 1.165) is 24.7 Å². The molecule has 1 aromatic heterocycles. The average molecular weight is 263 g/mol. The van der Waals surface area contributed by atoms with Crippen molar-refractivity contribution in [2.75, 3.05) is 32.1 Å². The molecule has 0 amide bonds. The molecule has 1 aromatic rings. The first-order valence-electron chi connectivity index (χ1n) is 5.15. The quantitative estimate of drug-likeness (QED) is 0.869. The number of halogens is 1. The van der Waals surface area contributed by atoms with Gasteiger partial charge in [0.25, 0.3) is 0 Å². The molecule has 1 fully saturated rings. The number of rotatable bonds is 3. The third kappa shape index (κ3) is 2.45. The summed E-state index contributed by atoms with van der Waals surface area (Å²) < 4.78 is 8.14. The number of aliphatic hydroxyl groups excluding tert-OH is 1. The standard InChI is InChI=1S/C9H15ClN4OS/c1-13(2)4-6-3-7(15)5-14(6)9-8(10)11-16-12-9/h6-7,15H,3-5H2,1-2H3. The van der Waals surface area contributed by atoms with Gasteiger partial charge in [0.2, 0.25) is 0 Å². The predicted molar refractivity (Wildman–Crippen MR) is 65.2 cm³/mol. The van der Waals surface area contributed by atoms with E-state index in [1.54, 1.807) is 0 Å². The Balaban J connectivity index is 2.15. The number of aromatic nitrogens is 2. The Labute approximate surface area is 104 Å². The van der Waals surface area contributed by atoms with Crippen molar-refractivity contribution in [1.82, 2.24) is 13.6 Å². The van der Waals surface area contributed by atoms with Crippen molar-refractivity contribution in [3.8, 4) is 0 Å². The van der Waals surface area contributed by atoms with Crippen molar-refractivity contribution in [3.63, 3.8) is 0 Å². The maximum absolute atomic E-state index is 9.72. The first-order valence-corrected chi connectivity index (χ1v) is 6.26. The van der Waals surface area contributed by atoms with Crippen LogP contribution in [-0.4, -0.2) is 58.1 Å². The molecule has 7 heteroatoms. The molecule has 5 nitrogen and oxygen atoms in total. The van der Waals surface area contributed by atoms with Crippen molar-refractivity contribution in [1.29, 1.82) is 0 Å². The first-order chi connectivity index (χ1) is 7.58. The van der Waals surface area contributed by atoms with E-state index in [1.165, 1.54) is 0 Å². The molecule has 0 bridgehead atoms. The fourth-order valence-electron chi connectivity index (χ4n) is 2.09. The van der Waals surface area contributed by atoms with Crippen LogP contribution in [0, 0.1) is 0 Å². The molecule has 1 saturated heterocycles. The third-order valence-corrected chi connectivity index (χ3v) is 3.55. The minimum absolute atomic E-state index is 0.256. The summed E-state index contributed by atoms with van der Waals surface area (Å²) in [5.74, 6) is 0.704. The lowest BCUT2D eigenvalue weighted by atomic mass is 10.2. The first kappa shape index (κ1) is 12.0. The van der Waals surface area contributed by atoms with Crippen LogP contribution in [-0.2, 0) is 0 Å². The molecule has 2 rings (SSSR count). The fourth-order valence-corrected chi connectivity index (χ4v) is 2.85. The van der Waals surface area contributed by atoms with Gasteiger partial charge in [-0.2, -0.15) is 8.75 Å². The Morgan fingerprint density at radius 2 is 2.31 bits per heavy atom. The summed E-state index contributed by atoms with van der Waals surface area (Å²) in [6, 6.07) is 0.256. The Bertz CT molecular complexity index is 359. The highest BCUT2D eigenvalue weighted by Crippen LogP contribution is 2.30. The monoisotopic (exact) mass is 262 g/mol. The number of likely N-dealkylation sites (N-methyl/N-ethyl adjacent to an activating group) is 1. The molecule has 0 aliphatic carbocycles. The molecule has 16 heavy (non-hydrogen) atoms. The lowest BCUT2D eigenvalue weighted by molar-refractivity contribution is 0.191. The van der Waals surface area contributed by atoms with Crippen LogP contribution in [0.5, 0.6) is 0 Å². The van der Waals surface area contributed by atoms with Gasteiger partial charge in [0.1, 0.15) is 0 Å². The van der Waals surface area contributed by atoms with Crippen LogP contribution in [0.2, 0.25) is 5.15 Å². The smallest absolute Gasteiger partial charge is 0.187 e. The topological polar surface area (TPSA) is 52.5 Å². The van der Waals surface area contributed by atoms with Crippen LogP contribution < -0.4 is 4.90 Å². The van der Waals surface area contributed by atoms with E-state index >= 15 is 0 Å². The predicted octanol–water partition coefficient (Wildman–Crippen LogP) is 0.693. The largest absolute Gasteiger partial charge is 0.391 e. The van der Waals surface area contributed by atoms with Gasteiger partial charge in [-0.1, -0.05) is 11.6 Å². The van der Waals surface area contributed by atoms with Gasteiger partial charge in [-0.25, -0.2) is 0 Å². The minimum Gasteiger partial charge on any atom is -0.391 e. The summed E-state index contributed by atoms with van der Waals surface area (Å²) >= 11 is 7.08. The number of hydrogen-bond donors (Lipinski definition) is 1. The Kier molecular flexibility index (Phi) is 3.63. The number of nitrogens with zero attached hydrogens (tertiary/aromatic N) is 4. The fraction of sp³-hybridized carbons (Fsp3) is 0.778. The molecule has 2 atom stereocenters. The SMILES string of the molecule is CN(C)CC1CC(O)CN1c1nsnc1Cl. The minimum atomic E-state index is -0.303. The summed E-state index contributed by atoms with van der Waals surface area (Å²) in [5, 5.41) is 10.2. The van der Waals surface area contributed by atoms with Crippen molar-refractivity contribution in [3.05, 3.63) is 5.15 Å². The summed E-state index contributed by atoms with van der Waals surface area (Å²) in [5.41, 5.74) is 0. The summed E-state index contributed by atoms with van der Waals surface area (Å²) in [7, 11) is 4.04. The molecule has 1 aliphatic rings. The number of β-amino-alcohol motifs (C(OH)–C–C–N with tert-alkyl or cyclic N) is 1. The normalized spacial score (nSPS) is 25.7.